The number of halogens is 1. The summed E-state index contributed by atoms with van der Waals surface area (Å²) >= 11 is 5.21. The number of anilines is 1. The van der Waals surface area contributed by atoms with Crippen LogP contribution in [0.5, 0.6) is 0 Å². The van der Waals surface area contributed by atoms with Gasteiger partial charge >= 0.3 is 12.0 Å². The van der Waals surface area contributed by atoms with E-state index in [-0.39, 0.29) is 17.6 Å². The highest BCUT2D eigenvalue weighted by Gasteiger charge is 2.18. The molecule has 0 radical (unpaired) electrons. The molecule has 0 spiro atoms. The Hall–Kier alpha value is -2.09. The van der Waals surface area contributed by atoms with Crippen LogP contribution in [0, 0.1) is 0 Å². The fourth-order valence-corrected chi connectivity index (χ4v) is 0.863. The molecule has 0 saturated carbocycles. The Bertz CT molecular complexity index is 441. The molecule has 0 fully saturated rings. The molecule has 0 aliphatic rings. The van der Waals surface area contributed by atoms with Crippen molar-refractivity contribution < 1.29 is 24.3 Å². The number of carbonyl (C=O) groups excluding carboxylic acids is 1. The molecule has 0 aliphatic heterocycles. The van der Waals surface area contributed by atoms with Gasteiger partial charge in [0.05, 0.1) is 0 Å². The van der Waals surface area contributed by atoms with E-state index in [0.717, 1.165) is 6.26 Å². The molecule has 16 heavy (non-hydrogen) atoms. The van der Waals surface area contributed by atoms with Crippen LogP contribution in [0.15, 0.2) is 15.8 Å². The second-order valence-electron chi connectivity index (χ2n) is 2.47. The predicted molar refractivity (Wildman–Crippen MR) is 51.8 cm³/mol. The first kappa shape index (κ1) is 12.0. The number of hydrogen-bond acceptors (Lipinski definition) is 6. The Morgan fingerprint density at radius 3 is 2.81 bits per heavy atom. The standard InChI is InChI=1S/C7H6ClN3O5/c8-1-4(12)10-7-9-3(2-16-7)5(11-15)6(13)14/h2,15H,1H2,(H,13,14)(H,9,10,12)/b11-5-. The average Bonchev–Trinajstić information content (AvgIpc) is 2.66. The van der Waals surface area contributed by atoms with Crippen molar-refractivity contribution in [3.63, 3.8) is 0 Å². The van der Waals surface area contributed by atoms with Crippen molar-refractivity contribution in [3.8, 4) is 0 Å². The smallest absolute Gasteiger partial charge is 0.360 e. The monoisotopic (exact) mass is 247 g/mol. The van der Waals surface area contributed by atoms with Crippen LogP contribution in [0.1, 0.15) is 5.69 Å². The molecule has 1 rings (SSSR count). The summed E-state index contributed by atoms with van der Waals surface area (Å²) in [6.07, 6.45) is 0.924. The predicted octanol–water partition coefficient (Wildman–Crippen LogP) is 0.115. The van der Waals surface area contributed by atoms with Gasteiger partial charge in [-0.05, 0) is 0 Å². The number of hydrogen-bond donors (Lipinski definition) is 3. The number of amides is 1. The van der Waals surface area contributed by atoms with E-state index in [1.54, 1.807) is 0 Å². The Morgan fingerprint density at radius 1 is 1.62 bits per heavy atom. The fourth-order valence-electron chi connectivity index (χ4n) is 0.796. The Balaban J connectivity index is 2.86. The first-order valence-electron chi connectivity index (χ1n) is 3.85. The Labute approximate surface area is 93.5 Å². The summed E-state index contributed by atoms with van der Waals surface area (Å²) in [7, 11) is 0. The maximum absolute atomic E-state index is 10.8. The van der Waals surface area contributed by atoms with E-state index in [1.165, 1.54) is 0 Å². The van der Waals surface area contributed by atoms with Crippen molar-refractivity contribution >= 4 is 35.2 Å². The van der Waals surface area contributed by atoms with Gasteiger partial charge in [-0.3, -0.25) is 10.1 Å². The second kappa shape index (κ2) is 5.12. The van der Waals surface area contributed by atoms with Crippen molar-refractivity contribution in [2.75, 3.05) is 11.2 Å². The van der Waals surface area contributed by atoms with Crippen molar-refractivity contribution in [2.45, 2.75) is 0 Å². The summed E-state index contributed by atoms with van der Waals surface area (Å²) in [5.41, 5.74) is -0.921. The molecule has 0 unspecified atom stereocenters. The molecule has 8 nitrogen and oxygen atoms in total. The maximum atomic E-state index is 10.8. The molecule has 1 aromatic rings. The molecule has 9 heteroatoms. The number of oxime groups is 1. The number of carbonyl (C=O) groups is 2. The van der Waals surface area contributed by atoms with Gasteiger partial charge in [0, 0.05) is 0 Å². The molecule has 0 aliphatic carbocycles. The van der Waals surface area contributed by atoms with Crippen LogP contribution in [0.25, 0.3) is 0 Å². The van der Waals surface area contributed by atoms with Crippen LogP contribution >= 0.6 is 11.6 Å². The van der Waals surface area contributed by atoms with E-state index >= 15 is 0 Å². The van der Waals surface area contributed by atoms with E-state index in [1.807, 2.05) is 0 Å². The van der Waals surface area contributed by atoms with Crippen molar-refractivity contribution in [2.24, 2.45) is 5.16 Å². The fraction of sp³-hybridized carbons (Fsp3) is 0.143. The second-order valence-corrected chi connectivity index (χ2v) is 2.74. The third-order valence-corrected chi connectivity index (χ3v) is 1.66. The van der Waals surface area contributed by atoms with E-state index < -0.39 is 17.6 Å². The molecule has 0 atom stereocenters. The van der Waals surface area contributed by atoms with Gasteiger partial charge < -0.3 is 14.7 Å². The third-order valence-electron chi connectivity index (χ3n) is 1.42. The first-order valence-corrected chi connectivity index (χ1v) is 4.39. The zero-order valence-electron chi connectivity index (χ0n) is 7.68. The van der Waals surface area contributed by atoms with Gasteiger partial charge in [-0.1, -0.05) is 5.16 Å². The van der Waals surface area contributed by atoms with Crippen LogP contribution in [0.2, 0.25) is 0 Å². The molecule has 1 amide bonds. The lowest BCUT2D eigenvalue weighted by molar-refractivity contribution is -0.129. The molecule has 0 aromatic carbocycles. The number of aliphatic carboxylic acids is 1. The summed E-state index contributed by atoms with van der Waals surface area (Å²) in [6, 6.07) is -0.233. The number of oxazole rings is 1. The first-order chi connectivity index (χ1) is 7.58. The summed E-state index contributed by atoms with van der Waals surface area (Å²) in [6.45, 7) is 0. The van der Waals surface area contributed by atoms with E-state index in [4.69, 9.17) is 26.3 Å². The maximum Gasteiger partial charge on any atom is 0.360 e. The minimum atomic E-state index is -1.48. The van der Waals surface area contributed by atoms with Gasteiger partial charge in [0.15, 0.2) is 0 Å². The molecule has 86 valence electrons. The van der Waals surface area contributed by atoms with Crippen molar-refractivity contribution in [3.05, 3.63) is 12.0 Å². The van der Waals surface area contributed by atoms with Gasteiger partial charge in [0.25, 0.3) is 0 Å². The lowest BCUT2D eigenvalue weighted by atomic mass is 10.3. The summed E-state index contributed by atoms with van der Waals surface area (Å²) < 4.78 is 4.71. The minimum absolute atomic E-state index is 0.222. The Kier molecular flexibility index (Phi) is 3.84. The summed E-state index contributed by atoms with van der Waals surface area (Å²) in [5.74, 6) is -2.34. The highest BCUT2D eigenvalue weighted by Crippen LogP contribution is 2.08. The highest BCUT2D eigenvalue weighted by molar-refractivity contribution is 6.41. The van der Waals surface area contributed by atoms with E-state index in [0.29, 0.717) is 0 Å². The van der Waals surface area contributed by atoms with Gasteiger partial charge in [-0.2, -0.15) is 4.98 Å². The average molecular weight is 248 g/mol. The minimum Gasteiger partial charge on any atom is -0.476 e. The number of nitrogens with zero attached hydrogens (tertiary/aromatic N) is 2. The number of carboxylic acids is 1. The molecular formula is C7H6ClN3O5. The largest absolute Gasteiger partial charge is 0.476 e. The van der Waals surface area contributed by atoms with Crippen molar-refractivity contribution in [1.29, 1.82) is 0 Å². The van der Waals surface area contributed by atoms with Crippen LogP contribution in [-0.4, -0.2) is 38.8 Å². The van der Waals surface area contributed by atoms with Crippen LogP contribution in [0.3, 0.4) is 0 Å². The number of carboxylic acid groups (broad SMARTS) is 1. The number of rotatable bonds is 4. The Morgan fingerprint density at radius 2 is 2.31 bits per heavy atom. The normalized spacial score (nSPS) is 11.2. The zero-order valence-corrected chi connectivity index (χ0v) is 8.43. The SMILES string of the molecule is O=C(CCl)Nc1nc(/C(=N/O)C(=O)O)co1. The third kappa shape index (κ3) is 2.70. The van der Waals surface area contributed by atoms with Crippen LogP contribution in [0.4, 0.5) is 6.01 Å². The van der Waals surface area contributed by atoms with Crippen molar-refractivity contribution in [1.82, 2.24) is 4.98 Å². The zero-order chi connectivity index (χ0) is 12.1. The molecule has 1 heterocycles. The lowest BCUT2D eigenvalue weighted by Gasteiger charge is -1.94. The quantitative estimate of drug-likeness (QED) is 0.300. The van der Waals surface area contributed by atoms with Gasteiger partial charge in [-0.15, -0.1) is 11.6 Å². The molecule has 1 aromatic heterocycles. The molecule has 0 bridgehead atoms. The molecule has 0 saturated heterocycles. The van der Waals surface area contributed by atoms with Gasteiger partial charge in [0.1, 0.15) is 17.8 Å². The molecular weight excluding hydrogens is 242 g/mol. The van der Waals surface area contributed by atoms with Crippen LogP contribution in [-0.2, 0) is 9.59 Å². The lowest BCUT2D eigenvalue weighted by Crippen LogP contribution is -2.16. The van der Waals surface area contributed by atoms with E-state index in [2.05, 4.69) is 15.5 Å². The van der Waals surface area contributed by atoms with E-state index in [9.17, 15) is 9.59 Å². The molecule has 3 N–H and O–H groups in total. The van der Waals surface area contributed by atoms with Gasteiger partial charge in [-0.25, -0.2) is 4.79 Å². The summed E-state index contributed by atoms with van der Waals surface area (Å²) in [4.78, 5) is 24.9. The number of aromatic nitrogens is 1. The highest BCUT2D eigenvalue weighted by atomic mass is 35.5. The summed E-state index contributed by atoms with van der Waals surface area (Å²) in [5, 5.41) is 21.7. The van der Waals surface area contributed by atoms with Gasteiger partial charge in [0.2, 0.25) is 11.6 Å². The number of nitrogens with one attached hydrogen (secondary N) is 1. The van der Waals surface area contributed by atoms with Crippen LogP contribution < -0.4 is 5.32 Å². The number of alkyl halides is 1. The topological polar surface area (TPSA) is 125 Å².